The van der Waals surface area contributed by atoms with E-state index in [4.69, 9.17) is 0 Å². The van der Waals surface area contributed by atoms with E-state index < -0.39 is 0 Å². The highest BCUT2D eigenvalue weighted by molar-refractivity contribution is 5.46. The lowest BCUT2D eigenvalue weighted by Crippen LogP contribution is -2.19. The summed E-state index contributed by atoms with van der Waals surface area (Å²) in [6.45, 7) is 6.78. The maximum atomic E-state index is 4.50. The van der Waals surface area contributed by atoms with Gasteiger partial charge in [-0.05, 0) is 43.6 Å². The molecule has 0 atom stereocenters. The van der Waals surface area contributed by atoms with E-state index in [9.17, 15) is 0 Å². The molecule has 0 amide bonds. The lowest BCUT2D eigenvalue weighted by molar-refractivity contribution is 0.380. The molecule has 2 heterocycles. The molecule has 1 aliphatic rings. The molecule has 0 saturated carbocycles. The third-order valence-corrected chi connectivity index (χ3v) is 4.03. The largest absolute Gasteiger partial charge is 0.223 e. The third-order valence-electron chi connectivity index (χ3n) is 4.03. The van der Waals surface area contributed by atoms with Gasteiger partial charge in [-0.1, -0.05) is 25.3 Å². The van der Waals surface area contributed by atoms with Gasteiger partial charge < -0.3 is 0 Å². The van der Waals surface area contributed by atoms with E-state index in [0.29, 0.717) is 0 Å². The van der Waals surface area contributed by atoms with Crippen molar-refractivity contribution in [1.29, 1.82) is 0 Å². The summed E-state index contributed by atoms with van der Waals surface area (Å²) < 4.78 is 1.75. The highest BCUT2D eigenvalue weighted by Gasteiger charge is 2.27. The molecule has 0 aromatic carbocycles. The maximum absolute atomic E-state index is 4.50. The SMILES string of the molecule is CC1=C(C#Cc2ccn3nccc3n2)C(C)(C)CCC1. The molecular weight excluding hydrogens is 246 g/mol. The van der Waals surface area contributed by atoms with Crippen molar-refractivity contribution >= 4 is 5.65 Å². The maximum Gasteiger partial charge on any atom is 0.156 e. The van der Waals surface area contributed by atoms with E-state index >= 15 is 0 Å². The zero-order chi connectivity index (χ0) is 14.2. The number of fused-ring (bicyclic) bond motifs is 1. The summed E-state index contributed by atoms with van der Waals surface area (Å²) in [5.41, 5.74) is 4.55. The normalized spacial score (nSPS) is 17.9. The fourth-order valence-corrected chi connectivity index (χ4v) is 2.91. The smallest absolute Gasteiger partial charge is 0.156 e. The first-order chi connectivity index (χ1) is 9.56. The Hall–Kier alpha value is -2.08. The van der Waals surface area contributed by atoms with Crippen LogP contribution in [0.3, 0.4) is 0 Å². The number of hydrogen-bond acceptors (Lipinski definition) is 2. The summed E-state index contributed by atoms with van der Waals surface area (Å²) >= 11 is 0. The van der Waals surface area contributed by atoms with E-state index in [0.717, 1.165) is 11.3 Å². The van der Waals surface area contributed by atoms with Crippen LogP contribution < -0.4 is 0 Å². The highest BCUT2D eigenvalue weighted by atomic mass is 15.2. The summed E-state index contributed by atoms with van der Waals surface area (Å²) in [5.74, 6) is 6.59. The van der Waals surface area contributed by atoms with Gasteiger partial charge in [-0.2, -0.15) is 5.10 Å². The molecule has 3 nitrogen and oxygen atoms in total. The Morgan fingerprint density at radius 3 is 2.90 bits per heavy atom. The molecule has 102 valence electrons. The minimum atomic E-state index is 0.191. The Bertz CT molecular complexity index is 738. The van der Waals surface area contributed by atoms with Crippen LogP contribution in [-0.2, 0) is 0 Å². The van der Waals surface area contributed by atoms with E-state index in [-0.39, 0.29) is 5.41 Å². The van der Waals surface area contributed by atoms with Crippen molar-refractivity contribution in [3.8, 4) is 11.8 Å². The average molecular weight is 265 g/mol. The van der Waals surface area contributed by atoms with Crippen LogP contribution in [0.4, 0.5) is 0 Å². The molecule has 0 N–H and O–H groups in total. The zero-order valence-corrected chi connectivity index (χ0v) is 12.3. The van der Waals surface area contributed by atoms with E-state index in [1.54, 1.807) is 10.7 Å². The van der Waals surface area contributed by atoms with Gasteiger partial charge in [0.2, 0.25) is 0 Å². The van der Waals surface area contributed by atoms with Crippen molar-refractivity contribution in [3.63, 3.8) is 0 Å². The van der Waals surface area contributed by atoms with Crippen molar-refractivity contribution < 1.29 is 0 Å². The van der Waals surface area contributed by atoms with Crippen LogP contribution in [0.2, 0.25) is 0 Å². The van der Waals surface area contributed by atoms with Crippen LogP contribution in [0.1, 0.15) is 45.7 Å². The van der Waals surface area contributed by atoms with E-state index in [2.05, 4.69) is 42.7 Å². The Labute approximate surface area is 119 Å². The monoisotopic (exact) mass is 265 g/mol. The van der Waals surface area contributed by atoms with Crippen molar-refractivity contribution in [1.82, 2.24) is 14.6 Å². The molecule has 0 bridgehead atoms. The van der Waals surface area contributed by atoms with Crippen LogP contribution in [0.25, 0.3) is 5.65 Å². The molecule has 0 radical (unpaired) electrons. The first kappa shape index (κ1) is 12.9. The topological polar surface area (TPSA) is 30.2 Å². The molecule has 0 fully saturated rings. The predicted octanol–water partition coefficient (Wildman–Crippen LogP) is 3.61. The molecule has 2 aromatic rings. The molecule has 0 saturated heterocycles. The molecule has 1 aliphatic carbocycles. The van der Waals surface area contributed by atoms with Gasteiger partial charge in [0.05, 0.1) is 6.20 Å². The summed E-state index contributed by atoms with van der Waals surface area (Å²) in [7, 11) is 0. The first-order valence-electron chi connectivity index (χ1n) is 7.09. The van der Waals surface area contributed by atoms with Crippen LogP contribution in [0, 0.1) is 17.3 Å². The van der Waals surface area contributed by atoms with Crippen molar-refractivity contribution in [2.24, 2.45) is 5.41 Å². The van der Waals surface area contributed by atoms with Gasteiger partial charge in [-0.25, -0.2) is 9.50 Å². The summed E-state index contributed by atoms with van der Waals surface area (Å²) in [5, 5.41) is 4.14. The molecule has 3 heteroatoms. The van der Waals surface area contributed by atoms with Crippen molar-refractivity contribution in [2.75, 3.05) is 0 Å². The molecule has 0 aliphatic heterocycles. The first-order valence-corrected chi connectivity index (χ1v) is 7.09. The Morgan fingerprint density at radius 2 is 2.10 bits per heavy atom. The van der Waals surface area contributed by atoms with Gasteiger partial charge in [0.15, 0.2) is 5.65 Å². The summed E-state index contributed by atoms with van der Waals surface area (Å²) in [4.78, 5) is 4.50. The molecule has 0 unspecified atom stereocenters. The highest BCUT2D eigenvalue weighted by Crippen LogP contribution is 2.39. The quantitative estimate of drug-likeness (QED) is 0.681. The second-order valence-corrected chi connectivity index (χ2v) is 6.09. The van der Waals surface area contributed by atoms with Gasteiger partial charge in [0.25, 0.3) is 0 Å². The second-order valence-electron chi connectivity index (χ2n) is 6.09. The number of allylic oxidation sites excluding steroid dienone is 2. The lowest BCUT2D eigenvalue weighted by atomic mass is 9.73. The number of nitrogens with zero attached hydrogens (tertiary/aromatic N) is 3. The average Bonchev–Trinajstić information content (AvgIpc) is 2.84. The van der Waals surface area contributed by atoms with Gasteiger partial charge >= 0.3 is 0 Å². The number of hydrogen-bond donors (Lipinski definition) is 0. The van der Waals surface area contributed by atoms with Crippen LogP contribution in [0.5, 0.6) is 0 Å². The fraction of sp³-hybridized carbons (Fsp3) is 0.412. The van der Waals surface area contributed by atoms with Gasteiger partial charge in [-0.15, -0.1) is 0 Å². The van der Waals surface area contributed by atoms with Crippen molar-refractivity contribution in [2.45, 2.75) is 40.0 Å². The summed E-state index contributed by atoms with van der Waals surface area (Å²) in [6.07, 6.45) is 7.30. The fourth-order valence-electron chi connectivity index (χ4n) is 2.91. The minimum Gasteiger partial charge on any atom is -0.223 e. The minimum absolute atomic E-state index is 0.191. The lowest BCUT2D eigenvalue weighted by Gasteiger charge is -2.31. The third kappa shape index (κ3) is 2.34. The molecule has 2 aromatic heterocycles. The van der Waals surface area contributed by atoms with Gasteiger partial charge in [-0.3, -0.25) is 0 Å². The van der Waals surface area contributed by atoms with Crippen LogP contribution >= 0.6 is 0 Å². The van der Waals surface area contributed by atoms with Crippen molar-refractivity contribution in [3.05, 3.63) is 41.4 Å². The number of aromatic nitrogens is 3. The van der Waals surface area contributed by atoms with Crippen LogP contribution in [-0.4, -0.2) is 14.6 Å². The van der Waals surface area contributed by atoms with Gasteiger partial charge in [0.1, 0.15) is 5.69 Å². The molecular formula is C17H19N3. The summed E-state index contributed by atoms with van der Waals surface area (Å²) in [6, 6.07) is 3.80. The van der Waals surface area contributed by atoms with Crippen LogP contribution in [0.15, 0.2) is 35.7 Å². The second kappa shape index (κ2) is 4.79. The van der Waals surface area contributed by atoms with Gasteiger partial charge in [0, 0.05) is 17.8 Å². The zero-order valence-electron chi connectivity index (χ0n) is 12.3. The Balaban J connectivity index is 1.98. The standard InChI is InChI=1S/C17H19N3/c1-13-5-4-10-17(2,3)15(13)7-6-14-9-12-20-16(19-14)8-11-18-20/h8-9,11-12H,4-5,10H2,1-3H3. The van der Waals surface area contributed by atoms with E-state index in [1.165, 1.54) is 30.4 Å². The Kier molecular flexibility index (Phi) is 3.10. The molecule has 0 spiro atoms. The number of rotatable bonds is 0. The van der Waals surface area contributed by atoms with E-state index in [1.807, 2.05) is 18.3 Å². The molecule has 20 heavy (non-hydrogen) atoms. The Morgan fingerprint density at radius 1 is 1.25 bits per heavy atom. The molecule has 3 rings (SSSR count). The predicted molar refractivity (Wildman–Crippen MR) is 80.2 cm³/mol.